The van der Waals surface area contributed by atoms with E-state index >= 15 is 0 Å². The van der Waals surface area contributed by atoms with Crippen molar-refractivity contribution in [2.75, 3.05) is 6.54 Å². The summed E-state index contributed by atoms with van der Waals surface area (Å²) in [5.41, 5.74) is 3.88. The van der Waals surface area contributed by atoms with Crippen LogP contribution in [-0.4, -0.2) is 26.4 Å². The number of hydrogen-bond acceptors (Lipinski definition) is 5. The Hall–Kier alpha value is -3.03. The van der Waals surface area contributed by atoms with Crippen molar-refractivity contribution in [1.82, 2.24) is 19.9 Å². The van der Waals surface area contributed by atoms with E-state index < -0.39 is 11.6 Å². The van der Waals surface area contributed by atoms with Gasteiger partial charge in [-0.1, -0.05) is 12.1 Å². The molecule has 0 fully saturated rings. The minimum atomic E-state index is -0.480. The molecule has 30 heavy (non-hydrogen) atoms. The van der Waals surface area contributed by atoms with E-state index in [1.807, 2.05) is 29.8 Å². The largest absolute Gasteiger partial charge is 0.294 e. The van der Waals surface area contributed by atoms with Crippen LogP contribution in [0.2, 0.25) is 0 Å². The first kappa shape index (κ1) is 19.0. The molecule has 150 valence electrons. The third-order valence-electron chi connectivity index (χ3n) is 5.19. The molecule has 0 saturated heterocycles. The molecule has 0 saturated carbocycles. The number of pyridine rings is 1. The second-order valence-electron chi connectivity index (χ2n) is 7.28. The zero-order chi connectivity index (χ0) is 20.5. The Morgan fingerprint density at radius 3 is 2.77 bits per heavy atom. The van der Waals surface area contributed by atoms with Crippen LogP contribution in [0.15, 0.2) is 60.2 Å². The van der Waals surface area contributed by atoms with Crippen LogP contribution >= 0.6 is 11.3 Å². The first-order chi connectivity index (χ1) is 14.7. The zero-order valence-electron chi connectivity index (χ0n) is 16.1. The van der Waals surface area contributed by atoms with Crippen LogP contribution in [0.25, 0.3) is 22.0 Å². The molecule has 0 atom stereocenters. The second-order valence-corrected chi connectivity index (χ2v) is 8.23. The summed E-state index contributed by atoms with van der Waals surface area (Å²) in [6, 6.07) is 11.1. The molecule has 4 nitrogen and oxygen atoms in total. The first-order valence-corrected chi connectivity index (χ1v) is 10.5. The number of thiophene rings is 1. The Labute approximate surface area is 176 Å². The Bertz CT molecular complexity index is 1180. The average Bonchev–Trinajstić information content (AvgIpc) is 3.31. The molecule has 0 N–H and O–H groups in total. The topological polar surface area (TPSA) is 41.9 Å². The molecule has 3 aromatic heterocycles. The highest BCUT2D eigenvalue weighted by Crippen LogP contribution is 2.26. The Kier molecular flexibility index (Phi) is 5.06. The van der Waals surface area contributed by atoms with Crippen LogP contribution in [0, 0.1) is 11.6 Å². The van der Waals surface area contributed by atoms with Gasteiger partial charge in [-0.05, 0) is 41.3 Å². The summed E-state index contributed by atoms with van der Waals surface area (Å²) in [5, 5.41) is 2.03. The monoisotopic (exact) mass is 420 g/mol. The van der Waals surface area contributed by atoms with Crippen LogP contribution in [0.3, 0.4) is 0 Å². The van der Waals surface area contributed by atoms with Gasteiger partial charge in [-0.25, -0.2) is 18.7 Å². The molecule has 5 rings (SSSR count). The van der Waals surface area contributed by atoms with E-state index in [1.54, 1.807) is 23.6 Å². The smallest absolute Gasteiger partial charge is 0.169 e. The molecule has 0 unspecified atom stereocenters. The lowest BCUT2D eigenvalue weighted by Gasteiger charge is -2.28. The maximum absolute atomic E-state index is 14.0. The lowest BCUT2D eigenvalue weighted by atomic mass is 10.1. The van der Waals surface area contributed by atoms with Gasteiger partial charge >= 0.3 is 0 Å². The van der Waals surface area contributed by atoms with Crippen molar-refractivity contribution in [3.8, 4) is 22.0 Å². The van der Waals surface area contributed by atoms with Gasteiger partial charge in [0.1, 0.15) is 11.6 Å². The summed E-state index contributed by atoms with van der Waals surface area (Å²) in [6.07, 6.45) is 4.53. The van der Waals surface area contributed by atoms with Crippen LogP contribution in [0.4, 0.5) is 8.78 Å². The standard InChI is InChI=1S/C23H18F2N4S/c24-17-4-5-19(25)18(10-17)21-6-3-15(11-26-21)13-29-8-7-20-16(14-29)12-27-23(28-20)22-2-1-9-30-22/h1-6,9-12H,7-8,13-14H2. The Balaban J connectivity index is 1.29. The van der Waals surface area contributed by atoms with E-state index in [1.165, 1.54) is 6.07 Å². The fourth-order valence-electron chi connectivity index (χ4n) is 3.66. The number of halogens is 2. The maximum atomic E-state index is 14.0. The highest BCUT2D eigenvalue weighted by Gasteiger charge is 2.19. The molecule has 0 bridgehead atoms. The van der Waals surface area contributed by atoms with Crippen molar-refractivity contribution in [2.24, 2.45) is 0 Å². The molecular formula is C23H18F2N4S. The third kappa shape index (κ3) is 3.86. The van der Waals surface area contributed by atoms with Crippen molar-refractivity contribution in [2.45, 2.75) is 19.5 Å². The zero-order valence-corrected chi connectivity index (χ0v) is 16.9. The van der Waals surface area contributed by atoms with Gasteiger partial charge in [0.05, 0.1) is 16.3 Å². The summed E-state index contributed by atoms with van der Waals surface area (Å²) >= 11 is 1.64. The van der Waals surface area contributed by atoms with E-state index in [0.717, 1.165) is 65.7 Å². The molecule has 1 aliphatic rings. The lowest BCUT2D eigenvalue weighted by molar-refractivity contribution is 0.242. The van der Waals surface area contributed by atoms with Crippen molar-refractivity contribution in [3.05, 3.63) is 88.7 Å². The predicted octanol–water partition coefficient (Wildman–Crippen LogP) is 5.10. The van der Waals surface area contributed by atoms with E-state index in [2.05, 4.69) is 14.9 Å². The minimum absolute atomic E-state index is 0.173. The predicted molar refractivity (Wildman–Crippen MR) is 113 cm³/mol. The van der Waals surface area contributed by atoms with E-state index in [-0.39, 0.29) is 5.56 Å². The van der Waals surface area contributed by atoms with Crippen LogP contribution in [0.5, 0.6) is 0 Å². The quantitative estimate of drug-likeness (QED) is 0.460. The number of fused-ring (bicyclic) bond motifs is 1. The number of hydrogen-bond donors (Lipinski definition) is 0. The van der Waals surface area contributed by atoms with Gasteiger partial charge in [-0.15, -0.1) is 11.3 Å². The van der Waals surface area contributed by atoms with E-state index in [9.17, 15) is 8.78 Å². The molecule has 4 heterocycles. The molecule has 0 aliphatic carbocycles. The molecule has 1 aliphatic heterocycles. The number of aromatic nitrogens is 3. The molecule has 1 aromatic carbocycles. The first-order valence-electron chi connectivity index (χ1n) is 9.67. The average molecular weight is 420 g/mol. The van der Waals surface area contributed by atoms with Gasteiger partial charge in [-0.2, -0.15) is 0 Å². The number of nitrogens with zero attached hydrogens (tertiary/aromatic N) is 4. The van der Waals surface area contributed by atoms with Gasteiger partial charge in [0, 0.05) is 49.6 Å². The Morgan fingerprint density at radius 2 is 1.97 bits per heavy atom. The van der Waals surface area contributed by atoms with Crippen molar-refractivity contribution < 1.29 is 8.78 Å². The molecule has 4 aromatic rings. The van der Waals surface area contributed by atoms with Gasteiger partial charge in [0.2, 0.25) is 0 Å². The van der Waals surface area contributed by atoms with Gasteiger partial charge in [-0.3, -0.25) is 9.88 Å². The third-order valence-corrected chi connectivity index (χ3v) is 6.06. The number of benzene rings is 1. The van der Waals surface area contributed by atoms with Crippen LogP contribution < -0.4 is 0 Å². The normalized spacial score (nSPS) is 13.9. The molecule has 0 spiro atoms. The molecule has 0 amide bonds. The van der Waals surface area contributed by atoms with Gasteiger partial charge in [0.15, 0.2) is 5.82 Å². The fourth-order valence-corrected chi connectivity index (χ4v) is 4.33. The van der Waals surface area contributed by atoms with Crippen molar-refractivity contribution in [1.29, 1.82) is 0 Å². The highest BCUT2D eigenvalue weighted by molar-refractivity contribution is 7.13. The van der Waals surface area contributed by atoms with E-state index in [4.69, 9.17) is 4.98 Å². The molecule has 7 heteroatoms. The van der Waals surface area contributed by atoms with Crippen LogP contribution in [-0.2, 0) is 19.5 Å². The molecule has 0 radical (unpaired) electrons. The SMILES string of the molecule is Fc1ccc(F)c(-c2ccc(CN3CCc4nc(-c5cccs5)ncc4C3)cn2)c1. The maximum Gasteiger partial charge on any atom is 0.169 e. The lowest BCUT2D eigenvalue weighted by Crippen LogP contribution is -2.31. The Morgan fingerprint density at radius 1 is 1.03 bits per heavy atom. The van der Waals surface area contributed by atoms with Gasteiger partial charge in [0.25, 0.3) is 0 Å². The summed E-state index contributed by atoms with van der Waals surface area (Å²) in [7, 11) is 0. The van der Waals surface area contributed by atoms with E-state index in [0.29, 0.717) is 5.69 Å². The van der Waals surface area contributed by atoms with Crippen LogP contribution in [0.1, 0.15) is 16.8 Å². The fraction of sp³-hybridized carbons (Fsp3) is 0.174. The summed E-state index contributed by atoms with van der Waals surface area (Å²) < 4.78 is 27.4. The highest BCUT2D eigenvalue weighted by atomic mass is 32.1. The second kappa shape index (κ2) is 8.01. The van der Waals surface area contributed by atoms with Crippen molar-refractivity contribution in [3.63, 3.8) is 0 Å². The van der Waals surface area contributed by atoms with Crippen molar-refractivity contribution >= 4 is 11.3 Å². The van der Waals surface area contributed by atoms with Gasteiger partial charge < -0.3 is 0 Å². The summed E-state index contributed by atoms with van der Waals surface area (Å²) in [5.74, 6) is -0.165. The summed E-state index contributed by atoms with van der Waals surface area (Å²) in [6.45, 7) is 2.40. The molecular weight excluding hydrogens is 402 g/mol. The number of rotatable bonds is 4. The summed E-state index contributed by atoms with van der Waals surface area (Å²) in [4.78, 5) is 17.0. The minimum Gasteiger partial charge on any atom is -0.294 e.